The molecule has 0 atom stereocenters. The third-order valence-corrected chi connectivity index (χ3v) is 9.64. The van der Waals surface area contributed by atoms with Crippen LogP contribution in [0.2, 0.25) is 0 Å². The third-order valence-electron chi connectivity index (χ3n) is 9.64. The van der Waals surface area contributed by atoms with Gasteiger partial charge in [0.15, 0.2) is 0 Å². The first-order valence-electron chi connectivity index (χ1n) is 16.0. The van der Waals surface area contributed by atoms with Gasteiger partial charge in [-0.2, -0.15) is 0 Å². The number of aromatic nitrogens is 1. The Balaban J connectivity index is 1.17. The van der Waals surface area contributed by atoms with Crippen molar-refractivity contribution in [1.82, 2.24) is 4.98 Å². The predicted molar refractivity (Wildman–Crippen MR) is 198 cm³/mol. The molecule has 0 amide bonds. The fourth-order valence-corrected chi connectivity index (χ4v) is 7.44. The molecule has 0 unspecified atom stereocenters. The number of para-hydroxylation sites is 1. The number of hydrogen-bond donors (Lipinski definition) is 0. The summed E-state index contributed by atoms with van der Waals surface area (Å²) in [5.74, 6) is 0. The van der Waals surface area contributed by atoms with E-state index in [2.05, 4.69) is 152 Å². The largest absolute Gasteiger partial charge is 0.456 e. The second-order valence-electron chi connectivity index (χ2n) is 12.3. The minimum atomic E-state index is 0.895. The summed E-state index contributed by atoms with van der Waals surface area (Å²) in [6.07, 6.45) is 0. The Bertz CT molecular complexity index is 2830. The minimum absolute atomic E-state index is 0.895. The van der Waals surface area contributed by atoms with Gasteiger partial charge in [0, 0.05) is 32.5 Å². The lowest BCUT2D eigenvalue weighted by Crippen LogP contribution is -1.91. The van der Waals surface area contributed by atoms with Gasteiger partial charge in [0.2, 0.25) is 0 Å². The molecule has 10 aromatic rings. The maximum absolute atomic E-state index is 6.33. The molecular formula is C45H27NO. The zero-order chi connectivity index (χ0) is 30.9. The monoisotopic (exact) mass is 597 g/mol. The van der Waals surface area contributed by atoms with Crippen molar-refractivity contribution in [3.63, 3.8) is 0 Å². The zero-order valence-corrected chi connectivity index (χ0v) is 25.4. The number of furan rings is 1. The van der Waals surface area contributed by atoms with Crippen molar-refractivity contribution in [2.75, 3.05) is 0 Å². The first kappa shape index (κ1) is 26.0. The number of nitrogens with zero attached hydrogens (tertiary/aromatic N) is 1. The average Bonchev–Trinajstić information content (AvgIpc) is 3.53. The highest BCUT2D eigenvalue weighted by molar-refractivity contribution is 6.28. The van der Waals surface area contributed by atoms with E-state index in [0.717, 1.165) is 60.6 Å². The summed E-state index contributed by atoms with van der Waals surface area (Å²) >= 11 is 0. The molecule has 47 heavy (non-hydrogen) atoms. The molecule has 0 saturated carbocycles. The van der Waals surface area contributed by atoms with E-state index in [9.17, 15) is 0 Å². The highest BCUT2D eigenvalue weighted by atomic mass is 16.3. The molecule has 2 nitrogen and oxygen atoms in total. The molecule has 0 fully saturated rings. The van der Waals surface area contributed by atoms with Gasteiger partial charge in [-0.15, -0.1) is 0 Å². The normalized spacial score (nSPS) is 11.8. The SMILES string of the molecule is c1ccc(-c2nc3cc(-c4ccc(-c5cc6ccccc6c6ccccc56)cc4)ccc3c3c2ccc2oc4ccccc4c23)cc1. The van der Waals surface area contributed by atoms with Gasteiger partial charge in [-0.05, 0) is 74.1 Å². The van der Waals surface area contributed by atoms with Gasteiger partial charge in [0.05, 0.1) is 11.2 Å². The summed E-state index contributed by atoms with van der Waals surface area (Å²) in [6, 6.07) is 58.4. The topological polar surface area (TPSA) is 26.0 Å². The molecule has 0 radical (unpaired) electrons. The summed E-state index contributed by atoms with van der Waals surface area (Å²) < 4.78 is 6.33. The van der Waals surface area contributed by atoms with Crippen molar-refractivity contribution >= 4 is 65.2 Å². The number of pyridine rings is 1. The van der Waals surface area contributed by atoms with Crippen LogP contribution < -0.4 is 0 Å². The molecule has 10 rings (SSSR count). The van der Waals surface area contributed by atoms with Crippen LogP contribution in [0.1, 0.15) is 0 Å². The van der Waals surface area contributed by atoms with E-state index in [0.29, 0.717) is 0 Å². The fourth-order valence-electron chi connectivity index (χ4n) is 7.44. The van der Waals surface area contributed by atoms with E-state index < -0.39 is 0 Å². The standard InChI is InChI=1S/C45H27NO/c1-2-10-30(11-3-1)45-38-24-25-42-44(37-16-8-9-17-41(37)47-42)43(38)36-23-22-31(27-40(36)46-45)28-18-20-29(21-19-28)39-26-32-12-4-5-13-33(32)34-14-6-7-15-35(34)39/h1-27H. The van der Waals surface area contributed by atoms with Crippen LogP contribution in [0.5, 0.6) is 0 Å². The van der Waals surface area contributed by atoms with Gasteiger partial charge in [-0.25, -0.2) is 4.98 Å². The quantitative estimate of drug-likeness (QED) is 0.189. The van der Waals surface area contributed by atoms with Crippen LogP contribution in [0.15, 0.2) is 168 Å². The Morgan fingerprint density at radius 2 is 1.02 bits per heavy atom. The molecule has 8 aromatic carbocycles. The highest BCUT2D eigenvalue weighted by Crippen LogP contribution is 2.42. The van der Waals surface area contributed by atoms with E-state index in [1.54, 1.807) is 0 Å². The van der Waals surface area contributed by atoms with Crippen molar-refractivity contribution < 1.29 is 4.42 Å². The Labute approximate surface area is 271 Å². The summed E-state index contributed by atoms with van der Waals surface area (Å²) in [6.45, 7) is 0. The van der Waals surface area contributed by atoms with Crippen LogP contribution in [-0.2, 0) is 0 Å². The number of hydrogen-bond acceptors (Lipinski definition) is 2. The van der Waals surface area contributed by atoms with Gasteiger partial charge in [0.1, 0.15) is 11.2 Å². The smallest absolute Gasteiger partial charge is 0.136 e. The van der Waals surface area contributed by atoms with Crippen molar-refractivity contribution in [3.8, 4) is 33.5 Å². The summed E-state index contributed by atoms with van der Waals surface area (Å²) in [7, 11) is 0. The van der Waals surface area contributed by atoms with Gasteiger partial charge < -0.3 is 4.42 Å². The van der Waals surface area contributed by atoms with Crippen LogP contribution >= 0.6 is 0 Å². The average molecular weight is 598 g/mol. The summed E-state index contributed by atoms with van der Waals surface area (Å²) in [4.78, 5) is 5.33. The number of benzene rings is 8. The van der Waals surface area contributed by atoms with Crippen LogP contribution in [0.4, 0.5) is 0 Å². The molecular weight excluding hydrogens is 571 g/mol. The number of rotatable bonds is 3. The molecule has 0 bridgehead atoms. The van der Waals surface area contributed by atoms with E-state index in [1.165, 1.54) is 38.1 Å². The molecule has 0 aliphatic rings. The van der Waals surface area contributed by atoms with Gasteiger partial charge in [-0.3, -0.25) is 0 Å². The van der Waals surface area contributed by atoms with Crippen LogP contribution in [-0.4, -0.2) is 4.98 Å². The lowest BCUT2D eigenvalue weighted by Gasteiger charge is -2.13. The Kier molecular flexibility index (Phi) is 5.61. The first-order valence-corrected chi connectivity index (χ1v) is 16.0. The van der Waals surface area contributed by atoms with E-state index in [4.69, 9.17) is 9.40 Å². The highest BCUT2D eigenvalue weighted by Gasteiger charge is 2.18. The maximum Gasteiger partial charge on any atom is 0.136 e. The van der Waals surface area contributed by atoms with E-state index in [-0.39, 0.29) is 0 Å². The Morgan fingerprint density at radius 1 is 0.362 bits per heavy atom. The summed E-state index contributed by atoms with van der Waals surface area (Å²) in [5.41, 5.74) is 9.61. The third kappa shape index (κ3) is 4.02. The second-order valence-corrected chi connectivity index (χ2v) is 12.3. The lowest BCUT2D eigenvalue weighted by atomic mass is 9.92. The molecule has 0 aliphatic carbocycles. The fraction of sp³-hybridized carbons (Fsp3) is 0. The molecule has 2 aromatic heterocycles. The van der Waals surface area contributed by atoms with E-state index in [1.807, 2.05) is 12.1 Å². The van der Waals surface area contributed by atoms with Crippen LogP contribution in [0.25, 0.3) is 98.7 Å². The van der Waals surface area contributed by atoms with Gasteiger partial charge in [0.25, 0.3) is 0 Å². The predicted octanol–water partition coefficient (Wildman–Crippen LogP) is 12.6. The van der Waals surface area contributed by atoms with Crippen molar-refractivity contribution in [3.05, 3.63) is 164 Å². The Morgan fingerprint density at radius 3 is 1.87 bits per heavy atom. The van der Waals surface area contributed by atoms with Crippen LogP contribution in [0, 0.1) is 0 Å². The number of fused-ring (bicyclic) bond motifs is 10. The molecule has 0 spiro atoms. The molecule has 2 heterocycles. The zero-order valence-electron chi connectivity index (χ0n) is 25.4. The Hall–Kier alpha value is -6.25. The van der Waals surface area contributed by atoms with Crippen molar-refractivity contribution in [1.29, 1.82) is 0 Å². The molecule has 0 N–H and O–H groups in total. The molecule has 0 saturated heterocycles. The minimum Gasteiger partial charge on any atom is -0.456 e. The van der Waals surface area contributed by atoms with E-state index >= 15 is 0 Å². The molecule has 2 heteroatoms. The van der Waals surface area contributed by atoms with Crippen molar-refractivity contribution in [2.45, 2.75) is 0 Å². The molecule has 218 valence electrons. The lowest BCUT2D eigenvalue weighted by molar-refractivity contribution is 0.669. The maximum atomic E-state index is 6.33. The van der Waals surface area contributed by atoms with Gasteiger partial charge >= 0.3 is 0 Å². The van der Waals surface area contributed by atoms with Crippen molar-refractivity contribution in [2.24, 2.45) is 0 Å². The van der Waals surface area contributed by atoms with Crippen LogP contribution in [0.3, 0.4) is 0 Å². The summed E-state index contributed by atoms with van der Waals surface area (Å²) in [5, 5.41) is 10.8. The molecule has 0 aliphatic heterocycles. The second kappa shape index (κ2) is 10.1. The van der Waals surface area contributed by atoms with Gasteiger partial charge in [-0.1, -0.05) is 133 Å². The first-order chi connectivity index (χ1) is 23.3.